The van der Waals surface area contributed by atoms with Crippen molar-refractivity contribution in [1.29, 1.82) is 0 Å². The highest BCUT2D eigenvalue weighted by atomic mass is 32.2. The van der Waals surface area contributed by atoms with Crippen molar-refractivity contribution in [3.05, 3.63) is 0 Å². The maximum absolute atomic E-state index is 12.8. The fourth-order valence-electron chi connectivity index (χ4n) is 1.35. The van der Waals surface area contributed by atoms with Crippen molar-refractivity contribution in [3.8, 4) is 0 Å². The van der Waals surface area contributed by atoms with Crippen LogP contribution in [0.2, 0.25) is 0 Å². The highest BCUT2D eigenvalue weighted by molar-refractivity contribution is 7.92. The third-order valence-electron chi connectivity index (χ3n) is 2.31. The maximum atomic E-state index is 12.8. The molecule has 0 aliphatic carbocycles. The fraction of sp³-hybridized carbons (Fsp3) is 1.00. The average Bonchev–Trinajstić information content (AvgIpc) is 1.78. The molecule has 1 fully saturated rings. The molecule has 0 atom stereocenters. The summed E-state index contributed by atoms with van der Waals surface area (Å²) in [5, 5.41) is 0. The predicted octanol–water partition coefficient (Wildman–Crippen LogP) is 0.0151. The molecule has 0 aromatic carbocycles. The van der Waals surface area contributed by atoms with Gasteiger partial charge in [-0.3, -0.25) is 0 Å². The molecule has 0 aromatic heterocycles. The lowest BCUT2D eigenvalue weighted by atomic mass is 9.85. The van der Waals surface area contributed by atoms with E-state index in [1.54, 1.807) is 0 Å². The van der Waals surface area contributed by atoms with Crippen LogP contribution >= 0.6 is 0 Å². The number of hydrogen-bond donors (Lipinski definition) is 1. The molecule has 0 saturated carbocycles. The predicted molar refractivity (Wildman–Crippen MR) is 40.8 cm³/mol. The van der Waals surface area contributed by atoms with Crippen LogP contribution in [0.15, 0.2) is 0 Å². The lowest BCUT2D eigenvalue weighted by molar-refractivity contribution is -0.0866. The second-order valence-corrected chi connectivity index (χ2v) is 5.47. The van der Waals surface area contributed by atoms with Crippen molar-refractivity contribution in [2.45, 2.75) is 12.8 Å². The second-order valence-electron chi connectivity index (χ2n) is 3.41. The third-order valence-corrected chi connectivity index (χ3v) is 4.30. The Balaban J connectivity index is 2.86. The second kappa shape index (κ2) is 2.38. The van der Waals surface area contributed by atoms with E-state index >= 15 is 0 Å². The highest BCUT2D eigenvalue weighted by Crippen LogP contribution is 2.44. The molecule has 1 rings (SSSR count). The number of nitrogens with two attached hydrogens (primary N) is 1. The van der Waals surface area contributed by atoms with Gasteiger partial charge < -0.3 is 5.73 Å². The summed E-state index contributed by atoms with van der Waals surface area (Å²) in [6.07, 6.45) is 0. The van der Waals surface area contributed by atoms with Gasteiger partial charge in [0.25, 0.3) is 5.92 Å². The standard InChI is InChI=1S/C6H11F2NO2S/c1-5(7,8)6(2-9)3-12(10,11)4-6/h2-4,9H2,1H3. The Kier molecular flexibility index (Phi) is 1.96. The molecule has 0 bridgehead atoms. The molecule has 0 aromatic rings. The van der Waals surface area contributed by atoms with E-state index < -0.39 is 32.7 Å². The number of hydrogen-bond acceptors (Lipinski definition) is 3. The van der Waals surface area contributed by atoms with Crippen LogP contribution in [0.3, 0.4) is 0 Å². The molecule has 1 aliphatic heterocycles. The van der Waals surface area contributed by atoms with E-state index in [0.29, 0.717) is 6.92 Å². The zero-order valence-electron chi connectivity index (χ0n) is 6.68. The van der Waals surface area contributed by atoms with Gasteiger partial charge in [-0.25, -0.2) is 17.2 Å². The van der Waals surface area contributed by atoms with Gasteiger partial charge in [-0.2, -0.15) is 0 Å². The number of alkyl halides is 2. The summed E-state index contributed by atoms with van der Waals surface area (Å²) in [6, 6.07) is 0. The monoisotopic (exact) mass is 199 g/mol. The third kappa shape index (κ3) is 1.33. The Bertz CT molecular complexity index is 268. The van der Waals surface area contributed by atoms with Gasteiger partial charge >= 0.3 is 0 Å². The van der Waals surface area contributed by atoms with Gasteiger partial charge in [0.05, 0.1) is 16.9 Å². The van der Waals surface area contributed by atoms with Crippen LogP contribution in [0.1, 0.15) is 6.92 Å². The molecule has 6 heteroatoms. The van der Waals surface area contributed by atoms with E-state index in [1.807, 2.05) is 0 Å². The maximum Gasteiger partial charge on any atom is 0.254 e. The summed E-state index contributed by atoms with van der Waals surface area (Å²) in [5.74, 6) is -3.98. The quantitative estimate of drug-likeness (QED) is 0.681. The Morgan fingerprint density at radius 3 is 2.00 bits per heavy atom. The van der Waals surface area contributed by atoms with E-state index in [1.165, 1.54) is 0 Å². The zero-order valence-corrected chi connectivity index (χ0v) is 7.50. The summed E-state index contributed by atoms with van der Waals surface area (Å²) < 4.78 is 47.1. The van der Waals surface area contributed by atoms with Gasteiger partial charge in [0, 0.05) is 13.5 Å². The summed E-state index contributed by atoms with van der Waals surface area (Å²) >= 11 is 0. The van der Waals surface area contributed by atoms with Crippen molar-refractivity contribution in [2.75, 3.05) is 18.1 Å². The molecule has 72 valence electrons. The van der Waals surface area contributed by atoms with Crippen LogP contribution < -0.4 is 5.73 Å². The summed E-state index contributed by atoms with van der Waals surface area (Å²) in [5.41, 5.74) is 3.62. The molecule has 0 amide bonds. The van der Waals surface area contributed by atoms with E-state index in [2.05, 4.69) is 0 Å². The zero-order chi connectivity index (χ0) is 9.62. The van der Waals surface area contributed by atoms with Gasteiger partial charge in [-0.05, 0) is 0 Å². The van der Waals surface area contributed by atoms with Crippen LogP contribution in [-0.4, -0.2) is 32.4 Å². The summed E-state index contributed by atoms with van der Waals surface area (Å²) in [6.45, 7) is 0.435. The smallest absolute Gasteiger partial charge is 0.254 e. The molecule has 0 spiro atoms. The summed E-state index contributed by atoms with van der Waals surface area (Å²) in [4.78, 5) is 0. The Hall–Kier alpha value is -0.230. The number of sulfone groups is 1. The van der Waals surface area contributed by atoms with Gasteiger partial charge in [-0.1, -0.05) is 0 Å². The summed E-state index contributed by atoms with van der Waals surface area (Å²) in [7, 11) is -3.24. The minimum absolute atomic E-state index is 0.282. The molecule has 1 saturated heterocycles. The van der Waals surface area contributed by atoms with Crippen LogP contribution in [0.4, 0.5) is 8.78 Å². The Labute approximate surface area is 69.9 Å². The lowest BCUT2D eigenvalue weighted by Crippen LogP contribution is -2.62. The molecule has 0 radical (unpaired) electrons. The van der Waals surface area contributed by atoms with Crippen LogP contribution in [0.5, 0.6) is 0 Å². The number of rotatable bonds is 2. The molecule has 3 nitrogen and oxygen atoms in total. The van der Waals surface area contributed by atoms with Gasteiger partial charge in [0.15, 0.2) is 9.84 Å². The SMILES string of the molecule is CC(F)(F)C1(CN)CS(=O)(=O)C1. The first-order valence-electron chi connectivity index (χ1n) is 3.51. The molecule has 1 aliphatic rings. The first-order chi connectivity index (χ1) is 5.22. The topological polar surface area (TPSA) is 60.2 Å². The molecule has 1 heterocycles. The highest BCUT2D eigenvalue weighted by Gasteiger charge is 2.60. The van der Waals surface area contributed by atoms with E-state index in [0.717, 1.165) is 0 Å². The molecule has 2 N–H and O–H groups in total. The minimum atomic E-state index is -3.24. The van der Waals surface area contributed by atoms with E-state index in [-0.39, 0.29) is 6.54 Å². The normalized spacial score (nSPS) is 26.3. The van der Waals surface area contributed by atoms with Gasteiger partial charge in [-0.15, -0.1) is 0 Å². The Morgan fingerprint density at radius 1 is 1.50 bits per heavy atom. The average molecular weight is 199 g/mol. The van der Waals surface area contributed by atoms with E-state index in [4.69, 9.17) is 5.73 Å². The molecular weight excluding hydrogens is 188 g/mol. The fourth-order valence-corrected chi connectivity index (χ4v) is 3.69. The van der Waals surface area contributed by atoms with Gasteiger partial charge in [0.1, 0.15) is 0 Å². The largest absolute Gasteiger partial charge is 0.330 e. The molecule has 12 heavy (non-hydrogen) atoms. The van der Waals surface area contributed by atoms with Crippen molar-refractivity contribution in [3.63, 3.8) is 0 Å². The van der Waals surface area contributed by atoms with Crippen molar-refractivity contribution >= 4 is 9.84 Å². The van der Waals surface area contributed by atoms with Crippen LogP contribution in [0.25, 0.3) is 0 Å². The minimum Gasteiger partial charge on any atom is -0.330 e. The van der Waals surface area contributed by atoms with Crippen LogP contribution in [0, 0.1) is 5.41 Å². The van der Waals surface area contributed by atoms with E-state index in [9.17, 15) is 17.2 Å². The van der Waals surface area contributed by atoms with Crippen molar-refractivity contribution in [2.24, 2.45) is 11.1 Å². The number of halogens is 2. The van der Waals surface area contributed by atoms with Crippen molar-refractivity contribution in [1.82, 2.24) is 0 Å². The first kappa shape index (κ1) is 9.85. The van der Waals surface area contributed by atoms with Crippen LogP contribution in [-0.2, 0) is 9.84 Å². The van der Waals surface area contributed by atoms with Crippen molar-refractivity contribution < 1.29 is 17.2 Å². The first-order valence-corrected chi connectivity index (χ1v) is 5.33. The molecular formula is C6H11F2NO2S. The molecule has 0 unspecified atom stereocenters. The van der Waals surface area contributed by atoms with Gasteiger partial charge in [0.2, 0.25) is 0 Å². The lowest BCUT2D eigenvalue weighted by Gasteiger charge is -2.44. The Morgan fingerprint density at radius 2 is 1.92 bits per heavy atom.